The molecule has 0 unspecified atom stereocenters. The van der Waals surface area contributed by atoms with Crippen LogP contribution in [0.2, 0.25) is 5.02 Å². The van der Waals surface area contributed by atoms with Crippen molar-refractivity contribution >= 4 is 40.3 Å². The van der Waals surface area contributed by atoms with E-state index in [2.05, 4.69) is 4.99 Å². The number of halogens is 2. The van der Waals surface area contributed by atoms with Crippen molar-refractivity contribution in [1.82, 2.24) is 0 Å². The number of rotatable bonds is 2. The minimum Gasteiger partial charge on any atom is -0.623 e. The van der Waals surface area contributed by atoms with Crippen LogP contribution in [0.3, 0.4) is 0 Å². The van der Waals surface area contributed by atoms with Gasteiger partial charge in [0.05, 0.1) is 29.7 Å². The molecule has 0 aliphatic carbocycles. The molecule has 5 heteroatoms. The van der Waals surface area contributed by atoms with Crippen molar-refractivity contribution in [3.63, 3.8) is 0 Å². The van der Waals surface area contributed by atoms with Gasteiger partial charge < -0.3 is 5.21 Å². The molecule has 0 bridgehead atoms. The van der Waals surface area contributed by atoms with Gasteiger partial charge in [0.15, 0.2) is 6.54 Å². The number of fused-ring (bicyclic) bond motifs is 1. The van der Waals surface area contributed by atoms with Gasteiger partial charge in [-0.2, -0.15) is 4.74 Å². The SMILES string of the molecule is [2H]c1c([2H])c([2H])c(C2=[N+]([O-])CC(CCl)=Nc3ccc(Cl)cc32)c([2H])c1[2H]. The lowest BCUT2D eigenvalue weighted by atomic mass is 10.0. The summed E-state index contributed by atoms with van der Waals surface area (Å²) in [7, 11) is 0. The van der Waals surface area contributed by atoms with Crippen LogP contribution in [-0.4, -0.2) is 28.6 Å². The van der Waals surface area contributed by atoms with Gasteiger partial charge in [-0.05, 0) is 30.3 Å². The van der Waals surface area contributed by atoms with Crippen LogP contribution in [0.1, 0.15) is 18.0 Å². The number of hydrogen-bond donors (Lipinski definition) is 0. The molecule has 2 aromatic carbocycles. The maximum atomic E-state index is 12.8. The molecule has 0 saturated heterocycles. The van der Waals surface area contributed by atoms with Crippen LogP contribution >= 0.6 is 23.2 Å². The third-order valence-corrected chi connectivity index (χ3v) is 3.50. The van der Waals surface area contributed by atoms with Crippen LogP contribution in [0.25, 0.3) is 0 Å². The fraction of sp³-hybridized carbons (Fsp3) is 0.125. The Labute approximate surface area is 139 Å². The Morgan fingerprint density at radius 2 is 2.05 bits per heavy atom. The van der Waals surface area contributed by atoms with E-state index in [1.54, 1.807) is 12.1 Å². The molecule has 106 valence electrons. The van der Waals surface area contributed by atoms with E-state index in [0.717, 1.165) is 0 Å². The lowest BCUT2D eigenvalue weighted by Crippen LogP contribution is -2.23. The van der Waals surface area contributed by atoms with Crippen molar-refractivity contribution in [2.24, 2.45) is 4.99 Å². The summed E-state index contributed by atoms with van der Waals surface area (Å²) < 4.78 is 40.3. The minimum absolute atomic E-state index is 0.0224. The van der Waals surface area contributed by atoms with Gasteiger partial charge in [-0.3, -0.25) is 0 Å². The van der Waals surface area contributed by atoms with Crippen LogP contribution < -0.4 is 0 Å². The zero-order valence-corrected chi connectivity index (χ0v) is 12.2. The molecule has 2 aromatic rings. The van der Waals surface area contributed by atoms with Gasteiger partial charge in [-0.1, -0.05) is 29.7 Å². The van der Waals surface area contributed by atoms with Crippen LogP contribution in [0.5, 0.6) is 0 Å². The van der Waals surface area contributed by atoms with Crippen LogP contribution in [0.15, 0.2) is 53.4 Å². The van der Waals surface area contributed by atoms with Crippen molar-refractivity contribution in [3.05, 3.63) is 69.8 Å². The molecule has 0 N–H and O–H groups in total. The van der Waals surface area contributed by atoms with Gasteiger partial charge in [-0.25, -0.2) is 4.99 Å². The fourth-order valence-corrected chi connectivity index (χ4v) is 2.40. The van der Waals surface area contributed by atoms with Crippen molar-refractivity contribution in [3.8, 4) is 0 Å². The van der Waals surface area contributed by atoms with E-state index in [4.69, 9.17) is 30.1 Å². The highest BCUT2D eigenvalue weighted by atomic mass is 35.5. The van der Waals surface area contributed by atoms with Gasteiger partial charge >= 0.3 is 0 Å². The van der Waals surface area contributed by atoms with E-state index in [0.29, 0.717) is 21.2 Å². The van der Waals surface area contributed by atoms with Gasteiger partial charge in [0.2, 0.25) is 5.71 Å². The summed E-state index contributed by atoms with van der Waals surface area (Å²) in [4.78, 5) is 4.36. The molecule has 3 rings (SSSR count). The molecule has 0 saturated carbocycles. The van der Waals surface area contributed by atoms with Gasteiger partial charge in [0, 0.05) is 10.6 Å². The maximum absolute atomic E-state index is 12.8. The first-order valence-electron chi connectivity index (χ1n) is 8.57. The summed E-state index contributed by atoms with van der Waals surface area (Å²) in [5, 5.41) is 13.2. The van der Waals surface area contributed by atoms with E-state index in [1.165, 1.54) is 6.07 Å². The molecule has 0 atom stereocenters. The van der Waals surface area contributed by atoms with Crippen molar-refractivity contribution in [2.75, 3.05) is 12.4 Å². The summed E-state index contributed by atoms with van der Waals surface area (Å²) in [6.07, 6.45) is 0. The van der Waals surface area contributed by atoms with E-state index < -0.39 is 30.2 Å². The number of hydrogen-bond acceptors (Lipinski definition) is 2. The molecule has 1 aliphatic rings. The van der Waals surface area contributed by atoms with Crippen LogP contribution in [-0.2, 0) is 0 Å². The predicted octanol–water partition coefficient (Wildman–Crippen LogP) is 4.01. The largest absolute Gasteiger partial charge is 0.623 e. The molecule has 0 amide bonds. The van der Waals surface area contributed by atoms with Crippen LogP contribution in [0.4, 0.5) is 5.69 Å². The first kappa shape index (κ1) is 9.23. The Bertz CT molecular complexity index is 962. The Morgan fingerprint density at radius 3 is 2.76 bits per heavy atom. The maximum Gasteiger partial charge on any atom is 0.228 e. The van der Waals surface area contributed by atoms with Crippen LogP contribution in [0, 0.1) is 5.21 Å². The molecular weight excluding hydrogens is 307 g/mol. The molecule has 0 spiro atoms. The normalized spacial score (nSPS) is 17.8. The molecule has 1 heterocycles. The Hall–Kier alpha value is -1.84. The van der Waals surface area contributed by atoms with E-state index in [-0.39, 0.29) is 29.3 Å². The second-order valence-corrected chi connectivity index (χ2v) is 5.06. The van der Waals surface area contributed by atoms with Crippen molar-refractivity contribution < 1.29 is 11.6 Å². The third-order valence-electron chi connectivity index (χ3n) is 2.96. The average Bonchev–Trinajstić information content (AvgIpc) is 2.75. The molecular formula is C16H12Cl2N2O. The van der Waals surface area contributed by atoms with Crippen molar-refractivity contribution in [1.29, 1.82) is 0 Å². The average molecular weight is 324 g/mol. The molecule has 0 radical (unpaired) electrons. The Morgan fingerprint density at radius 1 is 1.29 bits per heavy atom. The second-order valence-electron chi connectivity index (χ2n) is 4.36. The summed E-state index contributed by atoms with van der Waals surface area (Å²) in [5.74, 6) is 0.0224. The van der Waals surface area contributed by atoms with E-state index >= 15 is 0 Å². The monoisotopic (exact) mass is 323 g/mol. The van der Waals surface area contributed by atoms with Gasteiger partial charge in [0.1, 0.15) is 0 Å². The van der Waals surface area contributed by atoms with Gasteiger partial charge in [-0.15, -0.1) is 11.6 Å². The number of alkyl halides is 1. The summed E-state index contributed by atoms with van der Waals surface area (Å²) in [5.41, 5.74) is 0.799. The first-order chi connectivity index (χ1) is 12.3. The zero-order valence-electron chi connectivity index (χ0n) is 15.7. The third kappa shape index (κ3) is 2.80. The van der Waals surface area contributed by atoms with E-state index in [9.17, 15) is 5.21 Å². The smallest absolute Gasteiger partial charge is 0.228 e. The predicted molar refractivity (Wildman–Crippen MR) is 87.4 cm³/mol. The zero-order chi connectivity index (χ0) is 19.2. The Balaban J connectivity index is 2.42. The number of nitrogens with zero attached hydrogens (tertiary/aromatic N) is 2. The minimum atomic E-state index is -0.528. The molecule has 1 aliphatic heterocycles. The lowest BCUT2D eigenvalue weighted by Gasteiger charge is -2.10. The van der Waals surface area contributed by atoms with Gasteiger partial charge in [0.25, 0.3) is 0 Å². The topological polar surface area (TPSA) is 38.4 Å². The fourth-order valence-electron chi connectivity index (χ4n) is 2.08. The van der Waals surface area contributed by atoms with Crippen molar-refractivity contribution in [2.45, 2.75) is 0 Å². The molecule has 0 aromatic heterocycles. The molecule has 21 heavy (non-hydrogen) atoms. The summed E-state index contributed by atoms with van der Waals surface area (Å²) in [6, 6.07) is 2.17. The Kier molecular flexibility index (Phi) is 2.58. The highest BCUT2D eigenvalue weighted by Crippen LogP contribution is 2.28. The first-order valence-corrected chi connectivity index (χ1v) is 6.98. The highest BCUT2D eigenvalue weighted by molar-refractivity contribution is 6.32. The molecule has 0 fully saturated rings. The standard InChI is InChI=1S/C16H12Cl2N2O/c17-9-13-10-20(21)16(11-4-2-1-3-5-11)14-8-12(18)6-7-15(14)19-13/h1-8H,9-10H2/i1D,2D,3D,4D,5D. The highest BCUT2D eigenvalue weighted by Gasteiger charge is 2.24. The second kappa shape index (κ2) is 5.88. The number of hydroxylamine groups is 1. The lowest BCUT2D eigenvalue weighted by molar-refractivity contribution is -0.439. The number of benzene rings is 2. The number of aliphatic imine (C=N–C) groups is 1. The summed E-state index contributed by atoms with van der Waals surface area (Å²) >= 11 is 11.9. The summed E-state index contributed by atoms with van der Waals surface area (Å²) in [6.45, 7) is -0.187. The quantitative estimate of drug-likeness (QED) is 0.467. The van der Waals surface area contributed by atoms with E-state index in [1.807, 2.05) is 0 Å². The molecule has 3 nitrogen and oxygen atoms in total.